The van der Waals surface area contributed by atoms with E-state index in [9.17, 15) is 18.0 Å². The van der Waals surface area contributed by atoms with Gasteiger partial charge in [0.15, 0.2) is 0 Å². The molecule has 6 nitrogen and oxygen atoms in total. The molecule has 0 aliphatic heterocycles. The topological polar surface area (TPSA) is 72.7 Å². The van der Waals surface area contributed by atoms with Crippen molar-refractivity contribution in [1.82, 2.24) is 20.2 Å². The summed E-state index contributed by atoms with van der Waals surface area (Å²) in [4.78, 5) is 12.1. The molecule has 28 heavy (non-hydrogen) atoms. The van der Waals surface area contributed by atoms with Gasteiger partial charge in [0.2, 0.25) is 11.1 Å². The van der Waals surface area contributed by atoms with Crippen molar-refractivity contribution in [3.8, 4) is 5.69 Å². The van der Waals surface area contributed by atoms with Gasteiger partial charge in [0.1, 0.15) is 0 Å². The van der Waals surface area contributed by atoms with Crippen molar-refractivity contribution in [2.24, 2.45) is 0 Å². The molecule has 0 aliphatic rings. The highest BCUT2D eigenvalue weighted by Gasteiger charge is 2.30. The zero-order valence-electron chi connectivity index (χ0n) is 15.0. The molecule has 146 valence electrons. The number of amides is 1. The number of carbonyl (C=O) groups excluding carboxylic acids is 1. The van der Waals surface area contributed by atoms with Crippen LogP contribution in [0.25, 0.3) is 5.69 Å². The second kappa shape index (κ2) is 8.01. The fourth-order valence-electron chi connectivity index (χ4n) is 2.45. The molecule has 1 amide bonds. The fraction of sp³-hybridized carbons (Fsp3) is 0.222. The van der Waals surface area contributed by atoms with Gasteiger partial charge < -0.3 is 5.32 Å². The van der Waals surface area contributed by atoms with Crippen LogP contribution in [0.4, 0.5) is 18.9 Å². The first-order valence-corrected chi connectivity index (χ1v) is 9.19. The molecule has 0 spiro atoms. The standard InChI is InChI=1S/C18H16F3N5OS/c1-11-4-3-5-15(12(11)2)26-17(23-24-25-26)28-10-16(27)22-14-8-6-13(7-9-14)18(19,20)21/h3-9H,10H2,1-2H3,(H,22,27). The molecule has 0 aliphatic carbocycles. The highest BCUT2D eigenvalue weighted by Crippen LogP contribution is 2.30. The Morgan fingerprint density at radius 3 is 2.54 bits per heavy atom. The van der Waals surface area contributed by atoms with Crippen LogP contribution in [0.1, 0.15) is 16.7 Å². The van der Waals surface area contributed by atoms with E-state index >= 15 is 0 Å². The Kier molecular flexibility index (Phi) is 5.68. The Hall–Kier alpha value is -2.88. The van der Waals surface area contributed by atoms with Gasteiger partial charge in [-0.1, -0.05) is 23.9 Å². The van der Waals surface area contributed by atoms with E-state index in [1.54, 1.807) is 4.68 Å². The maximum Gasteiger partial charge on any atom is 0.416 e. The van der Waals surface area contributed by atoms with Crippen LogP contribution in [-0.4, -0.2) is 31.9 Å². The normalized spacial score (nSPS) is 11.5. The lowest BCUT2D eigenvalue weighted by Crippen LogP contribution is -2.15. The van der Waals surface area contributed by atoms with Crippen LogP contribution in [0.15, 0.2) is 47.6 Å². The summed E-state index contributed by atoms with van der Waals surface area (Å²) in [5.74, 6) is -0.369. The van der Waals surface area contributed by atoms with Crippen LogP contribution in [0, 0.1) is 13.8 Å². The molecule has 1 aromatic heterocycles. The predicted molar refractivity (Wildman–Crippen MR) is 99.4 cm³/mol. The molecule has 0 bridgehead atoms. The molecule has 0 saturated heterocycles. The van der Waals surface area contributed by atoms with Crippen LogP contribution in [0.5, 0.6) is 0 Å². The van der Waals surface area contributed by atoms with Gasteiger partial charge in [-0.15, -0.1) is 5.10 Å². The number of halogens is 3. The highest BCUT2D eigenvalue weighted by atomic mass is 32.2. The molecule has 3 aromatic rings. The van der Waals surface area contributed by atoms with Crippen molar-refractivity contribution < 1.29 is 18.0 Å². The van der Waals surface area contributed by atoms with Crippen LogP contribution in [-0.2, 0) is 11.0 Å². The molecular weight excluding hydrogens is 391 g/mol. The van der Waals surface area contributed by atoms with Gasteiger partial charge in [-0.2, -0.15) is 17.9 Å². The molecule has 3 rings (SSSR count). The van der Waals surface area contributed by atoms with Gasteiger partial charge in [0.25, 0.3) is 0 Å². The Balaban J connectivity index is 1.65. The molecule has 0 radical (unpaired) electrons. The first-order valence-electron chi connectivity index (χ1n) is 8.20. The summed E-state index contributed by atoms with van der Waals surface area (Å²) in [5.41, 5.74) is 2.44. The molecule has 1 heterocycles. The average Bonchev–Trinajstić information content (AvgIpc) is 3.10. The summed E-state index contributed by atoms with van der Waals surface area (Å²) in [6, 6.07) is 10.0. The second-order valence-corrected chi connectivity index (χ2v) is 6.95. The number of rotatable bonds is 5. The number of aryl methyl sites for hydroxylation is 1. The minimum Gasteiger partial charge on any atom is -0.325 e. The number of anilines is 1. The van der Waals surface area contributed by atoms with E-state index in [4.69, 9.17) is 0 Å². The Labute approximate surface area is 163 Å². The quantitative estimate of drug-likeness (QED) is 0.647. The SMILES string of the molecule is Cc1cccc(-n2nnnc2SCC(=O)Nc2ccc(C(F)(F)F)cc2)c1C. The number of thioether (sulfide) groups is 1. The van der Waals surface area contributed by atoms with Crippen LogP contribution in [0.2, 0.25) is 0 Å². The molecule has 2 aromatic carbocycles. The van der Waals surface area contributed by atoms with E-state index in [-0.39, 0.29) is 17.3 Å². The fourth-order valence-corrected chi connectivity index (χ4v) is 3.14. The summed E-state index contributed by atoms with van der Waals surface area (Å²) >= 11 is 1.13. The van der Waals surface area contributed by atoms with Crippen molar-refractivity contribution in [2.45, 2.75) is 25.2 Å². The lowest BCUT2D eigenvalue weighted by atomic mass is 10.1. The predicted octanol–water partition coefficient (Wildman–Crippen LogP) is 4.03. The monoisotopic (exact) mass is 407 g/mol. The number of carbonyl (C=O) groups is 1. The van der Waals surface area contributed by atoms with Gasteiger partial charge in [0.05, 0.1) is 17.0 Å². The molecule has 0 saturated carbocycles. The van der Waals surface area contributed by atoms with E-state index < -0.39 is 11.7 Å². The van der Waals surface area contributed by atoms with E-state index in [2.05, 4.69) is 20.8 Å². The van der Waals surface area contributed by atoms with Gasteiger partial charge in [-0.05, 0) is 65.7 Å². The third-order valence-corrected chi connectivity index (χ3v) is 4.99. The van der Waals surface area contributed by atoms with Crippen LogP contribution in [0.3, 0.4) is 0 Å². The molecule has 0 fully saturated rings. The number of alkyl halides is 3. The zero-order chi connectivity index (χ0) is 20.3. The highest BCUT2D eigenvalue weighted by molar-refractivity contribution is 7.99. The smallest absolute Gasteiger partial charge is 0.325 e. The number of tetrazole rings is 1. The summed E-state index contributed by atoms with van der Waals surface area (Å²) in [7, 11) is 0. The first kappa shape index (κ1) is 19.9. The largest absolute Gasteiger partial charge is 0.416 e. The Morgan fingerprint density at radius 1 is 1.14 bits per heavy atom. The van der Waals surface area contributed by atoms with Crippen molar-refractivity contribution in [1.29, 1.82) is 0 Å². The molecule has 1 N–H and O–H groups in total. The first-order chi connectivity index (χ1) is 13.3. The van der Waals surface area contributed by atoms with E-state index in [1.165, 1.54) is 12.1 Å². The van der Waals surface area contributed by atoms with Gasteiger partial charge in [-0.3, -0.25) is 4.79 Å². The van der Waals surface area contributed by atoms with Crippen molar-refractivity contribution >= 4 is 23.4 Å². The Bertz CT molecular complexity index is 986. The number of nitrogens with zero attached hydrogens (tertiary/aromatic N) is 4. The van der Waals surface area contributed by atoms with Gasteiger partial charge in [-0.25, -0.2) is 0 Å². The number of benzene rings is 2. The van der Waals surface area contributed by atoms with Crippen LogP contribution < -0.4 is 5.32 Å². The average molecular weight is 407 g/mol. The lowest BCUT2D eigenvalue weighted by molar-refractivity contribution is -0.137. The zero-order valence-corrected chi connectivity index (χ0v) is 15.8. The number of hydrogen-bond acceptors (Lipinski definition) is 5. The van der Waals surface area contributed by atoms with Crippen LogP contribution >= 0.6 is 11.8 Å². The van der Waals surface area contributed by atoms with Crippen molar-refractivity contribution in [3.63, 3.8) is 0 Å². The third kappa shape index (κ3) is 4.50. The summed E-state index contributed by atoms with van der Waals surface area (Å²) in [6.45, 7) is 3.94. The van der Waals surface area contributed by atoms with Crippen molar-refractivity contribution in [2.75, 3.05) is 11.1 Å². The molecule has 10 heteroatoms. The van der Waals surface area contributed by atoms with E-state index in [0.717, 1.165) is 40.7 Å². The third-order valence-electron chi connectivity index (χ3n) is 4.07. The molecular formula is C18H16F3N5OS. The van der Waals surface area contributed by atoms with Crippen molar-refractivity contribution in [3.05, 3.63) is 59.2 Å². The van der Waals surface area contributed by atoms with Gasteiger partial charge >= 0.3 is 6.18 Å². The molecule has 0 unspecified atom stereocenters. The van der Waals surface area contributed by atoms with Gasteiger partial charge in [0, 0.05) is 5.69 Å². The summed E-state index contributed by atoms with van der Waals surface area (Å²) < 4.78 is 39.3. The Morgan fingerprint density at radius 2 is 1.86 bits per heavy atom. The second-order valence-electron chi connectivity index (χ2n) is 6.00. The maximum atomic E-state index is 12.6. The minimum atomic E-state index is -4.41. The number of aromatic nitrogens is 4. The van der Waals surface area contributed by atoms with E-state index in [0.29, 0.717) is 5.16 Å². The lowest BCUT2D eigenvalue weighted by Gasteiger charge is -2.10. The number of hydrogen-bond donors (Lipinski definition) is 1. The minimum absolute atomic E-state index is 0.00621. The van der Waals surface area contributed by atoms with E-state index in [1.807, 2.05) is 32.0 Å². The number of nitrogens with one attached hydrogen (secondary N) is 1. The molecule has 0 atom stereocenters. The maximum absolute atomic E-state index is 12.6. The summed E-state index contributed by atoms with van der Waals surface area (Å²) in [5, 5.41) is 14.6. The summed E-state index contributed by atoms with van der Waals surface area (Å²) in [6.07, 6.45) is -4.41.